The van der Waals surface area contributed by atoms with Gasteiger partial charge in [-0.3, -0.25) is 0 Å². The SMILES string of the molecule is O=S(=O)(c1cccc(Cl)c1)N1CCCC[C@@H]1C1OCCO1. The van der Waals surface area contributed by atoms with Gasteiger partial charge in [0.05, 0.1) is 24.2 Å². The Kier molecular flexibility index (Phi) is 4.51. The average molecular weight is 332 g/mol. The molecule has 1 aromatic rings. The number of rotatable bonds is 3. The van der Waals surface area contributed by atoms with Gasteiger partial charge in [0.1, 0.15) is 0 Å². The molecule has 2 aliphatic heterocycles. The molecule has 0 unspecified atom stereocenters. The minimum absolute atomic E-state index is 0.222. The maximum atomic E-state index is 12.9. The summed E-state index contributed by atoms with van der Waals surface area (Å²) in [5, 5.41) is 0.415. The average Bonchev–Trinajstić information content (AvgIpc) is 3.01. The van der Waals surface area contributed by atoms with E-state index in [4.69, 9.17) is 21.1 Å². The van der Waals surface area contributed by atoms with Crippen molar-refractivity contribution in [3.63, 3.8) is 0 Å². The minimum Gasteiger partial charge on any atom is -0.349 e. The van der Waals surface area contributed by atoms with Crippen molar-refractivity contribution in [3.8, 4) is 0 Å². The quantitative estimate of drug-likeness (QED) is 0.852. The number of hydrogen-bond acceptors (Lipinski definition) is 4. The Balaban J connectivity index is 1.91. The number of piperidine rings is 1. The smallest absolute Gasteiger partial charge is 0.243 e. The van der Waals surface area contributed by atoms with E-state index in [9.17, 15) is 8.42 Å². The second-order valence-corrected chi connectivity index (χ2v) is 7.57. The second-order valence-electron chi connectivity index (χ2n) is 5.25. The van der Waals surface area contributed by atoms with Crippen LogP contribution in [0.4, 0.5) is 0 Å². The predicted molar refractivity (Wildman–Crippen MR) is 78.7 cm³/mol. The minimum atomic E-state index is -3.58. The first kappa shape index (κ1) is 15.2. The molecular weight excluding hydrogens is 314 g/mol. The van der Waals surface area contributed by atoms with Gasteiger partial charge in [0.25, 0.3) is 0 Å². The fourth-order valence-corrected chi connectivity index (χ4v) is 4.85. The highest BCUT2D eigenvalue weighted by molar-refractivity contribution is 7.89. The third kappa shape index (κ3) is 3.10. The molecule has 0 bridgehead atoms. The summed E-state index contributed by atoms with van der Waals surface area (Å²) >= 11 is 5.92. The van der Waals surface area contributed by atoms with E-state index >= 15 is 0 Å². The lowest BCUT2D eigenvalue weighted by Gasteiger charge is -2.36. The molecule has 2 saturated heterocycles. The van der Waals surface area contributed by atoms with Crippen LogP contribution in [-0.4, -0.2) is 44.8 Å². The topological polar surface area (TPSA) is 55.8 Å². The van der Waals surface area contributed by atoms with Crippen molar-refractivity contribution in [2.75, 3.05) is 19.8 Å². The van der Waals surface area contributed by atoms with Crippen LogP contribution in [0.25, 0.3) is 0 Å². The number of benzene rings is 1. The van der Waals surface area contributed by atoms with Crippen LogP contribution in [0.5, 0.6) is 0 Å². The zero-order chi connectivity index (χ0) is 14.9. The van der Waals surface area contributed by atoms with E-state index in [-0.39, 0.29) is 10.9 Å². The number of ether oxygens (including phenoxy) is 2. The van der Waals surface area contributed by atoms with Crippen molar-refractivity contribution < 1.29 is 17.9 Å². The van der Waals surface area contributed by atoms with Crippen molar-refractivity contribution in [1.82, 2.24) is 4.31 Å². The van der Waals surface area contributed by atoms with Crippen LogP contribution in [-0.2, 0) is 19.5 Å². The van der Waals surface area contributed by atoms with Crippen LogP contribution in [0.15, 0.2) is 29.2 Å². The van der Waals surface area contributed by atoms with E-state index in [1.165, 1.54) is 10.4 Å². The van der Waals surface area contributed by atoms with E-state index < -0.39 is 16.3 Å². The molecule has 2 aliphatic rings. The Labute approximate surface area is 129 Å². The van der Waals surface area contributed by atoms with Crippen LogP contribution >= 0.6 is 11.6 Å². The molecule has 2 heterocycles. The van der Waals surface area contributed by atoms with Crippen LogP contribution < -0.4 is 0 Å². The van der Waals surface area contributed by atoms with Gasteiger partial charge in [0, 0.05) is 11.6 Å². The fourth-order valence-electron chi connectivity index (χ4n) is 2.86. The maximum absolute atomic E-state index is 12.9. The molecule has 2 fully saturated rings. The van der Waals surface area contributed by atoms with E-state index in [2.05, 4.69) is 0 Å². The summed E-state index contributed by atoms with van der Waals surface area (Å²) in [5.41, 5.74) is 0. The lowest BCUT2D eigenvalue weighted by atomic mass is 10.0. The van der Waals surface area contributed by atoms with Crippen LogP contribution in [0.1, 0.15) is 19.3 Å². The Morgan fingerprint density at radius 1 is 1.19 bits per heavy atom. The molecule has 0 amide bonds. The summed E-state index contributed by atoms with van der Waals surface area (Å²) in [4.78, 5) is 0.222. The zero-order valence-electron chi connectivity index (χ0n) is 11.6. The van der Waals surface area contributed by atoms with Crippen molar-refractivity contribution in [2.24, 2.45) is 0 Å². The normalized spacial score (nSPS) is 25.3. The van der Waals surface area contributed by atoms with Crippen molar-refractivity contribution in [1.29, 1.82) is 0 Å². The number of halogens is 1. The molecule has 0 aliphatic carbocycles. The first-order valence-electron chi connectivity index (χ1n) is 7.10. The Morgan fingerprint density at radius 2 is 1.95 bits per heavy atom. The molecule has 0 N–H and O–H groups in total. The van der Waals surface area contributed by atoms with Gasteiger partial charge in [0.15, 0.2) is 6.29 Å². The molecule has 0 aromatic heterocycles. The zero-order valence-corrected chi connectivity index (χ0v) is 13.1. The van der Waals surface area contributed by atoms with Crippen LogP contribution in [0, 0.1) is 0 Å². The van der Waals surface area contributed by atoms with Crippen molar-refractivity contribution in [2.45, 2.75) is 36.5 Å². The highest BCUT2D eigenvalue weighted by atomic mass is 35.5. The van der Waals surface area contributed by atoms with E-state index in [1.54, 1.807) is 18.2 Å². The lowest BCUT2D eigenvalue weighted by molar-refractivity contribution is -0.0913. The predicted octanol–water partition coefficient (Wildman–Crippen LogP) is 2.26. The monoisotopic (exact) mass is 331 g/mol. The Bertz CT molecular complexity index is 601. The Hall–Kier alpha value is -0.660. The first-order valence-corrected chi connectivity index (χ1v) is 8.91. The Morgan fingerprint density at radius 3 is 2.67 bits per heavy atom. The summed E-state index contributed by atoms with van der Waals surface area (Å²) in [7, 11) is -3.58. The molecule has 0 spiro atoms. The molecule has 1 aromatic carbocycles. The van der Waals surface area contributed by atoms with Gasteiger partial charge in [-0.25, -0.2) is 8.42 Å². The van der Waals surface area contributed by atoms with E-state index in [0.29, 0.717) is 24.8 Å². The molecule has 116 valence electrons. The summed E-state index contributed by atoms with van der Waals surface area (Å²) in [6.45, 7) is 1.53. The van der Waals surface area contributed by atoms with Gasteiger partial charge < -0.3 is 9.47 Å². The number of hydrogen-bond donors (Lipinski definition) is 0. The highest BCUT2D eigenvalue weighted by Gasteiger charge is 2.40. The first-order chi connectivity index (χ1) is 10.1. The largest absolute Gasteiger partial charge is 0.349 e. The van der Waals surface area contributed by atoms with Crippen molar-refractivity contribution in [3.05, 3.63) is 29.3 Å². The molecule has 0 saturated carbocycles. The molecular formula is C14H18ClNO4S. The van der Waals surface area contributed by atoms with Crippen LogP contribution in [0.3, 0.4) is 0 Å². The van der Waals surface area contributed by atoms with E-state index in [1.807, 2.05) is 0 Å². The van der Waals surface area contributed by atoms with Gasteiger partial charge in [0.2, 0.25) is 10.0 Å². The molecule has 5 nitrogen and oxygen atoms in total. The standard InChI is InChI=1S/C14H18ClNO4S/c15-11-4-3-5-12(10-11)21(17,18)16-7-2-1-6-13(16)14-19-8-9-20-14/h3-5,10,13-14H,1-2,6-9H2/t13-/m1/s1. The van der Waals surface area contributed by atoms with Gasteiger partial charge in [-0.15, -0.1) is 0 Å². The van der Waals surface area contributed by atoms with Crippen LogP contribution in [0.2, 0.25) is 5.02 Å². The third-order valence-electron chi connectivity index (χ3n) is 3.86. The molecule has 1 atom stereocenters. The molecule has 21 heavy (non-hydrogen) atoms. The highest BCUT2D eigenvalue weighted by Crippen LogP contribution is 2.30. The maximum Gasteiger partial charge on any atom is 0.243 e. The third-order valence-corrected chi connectivity index (χ3v) is 6.02. The van der Waals surface area contributed by atoms with Gasteiger partial charge >= 0.3 is 0 Å². The molecule has 7 heteroatoms. The van der Waals surface area contributed by atoms with Gasteiger partial charge in [-0.2, -0.15) is 4.31 Å². The van der Waals surface area contributed by atoms with E-state index in [0.717, 1.165) is 19.3 Å². The summed E-state index contributed by atoms with van der Waals surface area (Å²) in [6.07, 6.45) is 2.13. The lowest BCUT2D eigenvalue weighted by Crippen LogP contribution is -2.50. The molecule has 3 rings (SSSR count). The second kappa shape index (κ2) is 6.22. The fraction of sp³-hybridized carbons (Fsp3) is 0.571. The summed E-state index contributed by atoms with van der Waals surface area (Å²) in [6, 6.07) is 6.11. The summed E-state index contributed by atoms with van der Waals surface area (Å²) in [5.74, 6) is 0. The molecule has 0 radical (unpaired) electrons. The van der Waals surface area contributed by atoms with Crippen molar-refractivity contribution >= 4 is 21.6 Å². The van der Waals surface area contributed by atoms with Gasteiger partial charge in [-0.05, 0) is 31.0 Å². The number of sulfonamides is 1. The van der Waals surface area contributed by atoms with Gasteiger partial charge in [-0.1, -0.05) is 24.1 Å². The summed E-state index contributed by atoms with van der Waals surface area (Å²) < 4.78 is 38.3. The number of nitrogens with zero attached hydrogens (tertiary/aromatic N) is 1.